The van der Waals surface area contributed by atoms with E-state index in [4.69, 9.17) is 32.7 Å². The molecule has 2 amide bonds. The average molecular weight is 452 g/mol. The van der Waals surface area contributed by atoms with Gasteiger partial charge in [-0.1, -0.05) is 36.2 Å². The van der Waals surface area contributed by atoms with Crippen molar-refractivity contribution >= 4 is 46.9 Å². The van der Waals surface area contributed by atoms with Gasteiger partial charge in [0.2, 0.25) is 11.8 Å². The lowest BCUT2D eigenvalue weighted by atomic mass is 10.2. The fourth-order valence-electron chi connectivity index (χ4n) is 2.36. The molecule has 0 spiro atoms. The maximum atomic E-state index is 12.0. The zero-order valence-corrected chi connectivity index (χ0v) is 18.2. The first-order chi connectivity index (χ1) is 14.4. The van der Waals surface area contributed by atoms with Gasteiger partial charge >= 0.3 is 0 Å². The summed E-state index contributed by atoms with van der Waals surface area (Å²) in [7, 11) is 0. The number of hydrogen-bond donors (Lipinski definition) is 2. The molecule has 0 saturated heterocycles. The van der Waals surface area contributed by atoms with Gasteiger partial charge in [0, 0.05) is 0 Å². The molecule has 9 heteroatoms. The SMILES string of the molecule is CCCOc1ccc(C=NNC(=O)CC(=O)Nc2cccc(Cl)c2Cl)cc1OCC. The number of halogens is 2. The highest BCUT2D eigenvalue weighted by molar-refractivity contribution is 6.44. The average Bonchev–Trinajstić information content (AvgIpc) is 2.71. The Morgan fingerprint density at radius 1 is 1.07 bits per heavy atom. The van der Waals surface area contributed by atoms with E-state index in [1.807, 2.05) is 13.8 Å². The third-order valence-corrected chi connectivity index (χ3v) is 4.50. The van der Waals surface area contributed by atoms with Crippen LogP contribution in [0, 0.1) is 0 Å². The zero-order chi connectivity index (χ0) is 21.9. The number of ether oxygens (including phenoxy) is 2. The minimum absolute atomic E-state index is 0.211. The Balaban J connectivity index is 1.91. The van der Waals surface area contributed by atoms with Crippen molar-refractivity contribution in [3.63, 3.8) is 0 Å². The molecule has 0 unspecified atom stereocenters. The molecule has 0 fully saturated rings. The number of hydrazone groups is 1. The van der Waals surface area contributed by atoms with Crippen molar-refractivity contribution in [3.8, 4) is 11.5 Å². The summed E-state index contributed by atoms with van der Waals surface area (Å²) in [6, 6.07) is 10.2. The monoisotopic (exact) mass is 451 g/mol. The maximum absolute atomic E-state index is 12.0. The lowest BCUT2D eigenvalue weighted by Gasteiger charge is -2.11. The van der Waals surface area contributed by atoms with Crippen LogP contribution in [0.5, 0.6) is 11.5 Å². The Kier molecular flexibility index (Phi) is 9.44. The first-order valence-corrected chi connectivity index (χ1v) is 10.2. The highest BCUT2D eigenvalue weighted by atomic mass is 35.5. The molecule has 2 N–H and O–H groups in total. The van der Waals surface area contributed by atoms with Crippen LogP contribution in [0.25, 0.3) is 0 Å². The van der Waals surface area contributed by atoms with E-state index in [1.54, 1.807) is 36.4 Å². The first kappa shape index (κ1) is 23.5. The van der Waals surface area contributed by atoms with Crippen molar-refractivity contribution in [1.29, 1.82) is 0 Å². The summed E-state index contributed by atoms with van der Waals surface area (Å²) in [6.07, 6.45) is 1.92. The molecule has 0 saturated carbocycles. The Bertz CT molecular complexity index is 919. The van der Waals surface area contributed by atoms with Crippen molar-refractivity contribution in [2.24, 2.45) is 5.10 Å². The van der Waals surface area contributed by atoms with E-state index in [2.05, 4.69) is 15.8 Å². The standard InChI is InChI=1S/C21H23Cl2N3O4/c1-3-10-30-17-9-8-14(11-18(17)29-4-2)13-24-26-20(28)12-19(27)25-16-7-5-6-15(22)21(16)23/h5-9,11,13H,3-4,10,12H2,1-2H3,(H,25,27)(H,26,28). The van der Waals surface area contributed by atoms with Crippen LogP contribution in [0.1, 0.15) is 32.3 Å². The van der Waals surface area contributed by atoms with E-state index in [1.165, 1.54) is 6.21 Å². The van der Waals surface area contributed by atoms with E-state index in [0.717, 1.165) is 6.42 Å². The molecule has 160 valence electrons. The van der Waals surface area contributed by atoms with Crippen molar-refractivity contribution in [3.05, 3.63) is 52.0 Å². The molecule has 30 heavy (non-hydrogen) atoms. The lowest BCUT2D eigenvalue weighted by molar-refractivity contribution is -0.126. The van der Waals surface area contributed by atoms with E-state index in [-0.39, 0.29) is 5.02 Å². The zero-order valence-electron chi connectivity index (χ0n) is 16.7. The van der Waals surface area contributed by atoms with Crippen molar-refractivity contribution < 1.29 is 19.1 Å². The first-order valence-electron chi connectivity index (χ1n) is 9.40. The second-order valence-corrected chi connectivity index (χ2v) is 6.89. The second kappa shape index (κ2) is 12.0. The minimum Gasteiger partial charge on any atom is -0.490 e. The number of nitrogens with one attached hydrogen (secondary N) is 2. The number of hydrogen-bond acceptors (Lipinski definition) is 5. The normalized spacial score (nSPS) is 10.7. The van der Waals surface area contributed by atoms with Gasteiger partial charge in [0.1, 0.15) is 6.42 Å². The van der Waals surface area contributed by atoms with Gasteiger partial charge < -0.3 is 14.8 Å². The molecule has 0 bridgehead atoms. The molecular weight excluding hydrogens is 429 g/mol. The van der Waals surface area contributed by atoms with Gasteiger partial charge in [-0.25, -0.2) is 5.43 Å². The smallest absolute Gasteiger partial charge is 0.249 e. The Morgan fingerprint density at radius 2 is 1.87 bits per heavy atom. The number of rotatable bonds is 10. The molecule has 0 aliphatic rings. The van der Waals surface area contributed by atoms with E-state index in [0.29, 0.717) is 41.0 Å². The van der Waals surface area contributed by atoms with E-state index >= 15 is 0 Å². The van der Waals surface area contributed by atoms with E-state index < -0.39 is 18.2 Å². The molecule has 7 nitrogen and oxygen atoms in total. The molecule has 0 radical (unpaired) electrons. The summed E-state index contributed by atoms with van der Waals surface area (Å²) in [5.41, 5.74) is 3.35. The number of anilines is 1. The van der Waals surface area contributed by atoms with Crippen LogP contribution in [-0.2, 0) is 9.59 Å². The number of benzene rings is 2. The van der Waals surface area contributed by atoms with Gasteiger partial charge in [-0.05, 0) is 49.2 Å². The number of amides is 2. The molecule has 2 aromatic rings. The number of carbonyl (C=O) groups is 2. The van der Waals surface area contributed by atoms with Crippen molar-refractivity contribution in [2.45, 2.75) is 26.7 Å². The van der Waals surface area contributed by atoms with Crippen molar-refractivity contribution in [2.75, 3.05) is 18.5 Å². The molecule has 0 heterocycles. The van der Waals surface area contributed by atoms with Crippen LogP contribution in [0.2, 0.25) is 10.0 Å². The molecule has 2 aromatic carbocycles. The van der Waals surface area contributed by atoms with Gasteiger partial charge in [0.25, 0.3) is 0 Å². The van der Waals surface area contributed by atoms with Gasteiger partial charge in [-0.2, -0.15) is 5.10 Å². The van der Waals surface area contributed by atoms with Crippen LogP contribution in [0.3, 0.4) is 0 Å². The summed E-state index contributed by atoms with van der Waals surface area (Å²) >= 11 is 11.9. The Morgan fingerprint density at radius 3 is 2.60 bits per heavy atom. The minimum atomic E-state index is -0.574. The predicted molar refractivity (Wildman–Crippen MR) is 119 cm³/mol. The summed E-state index contributed by atoms with van der Waals surface area (Å²) in [5, 5.41) is 6.93. The topological polar surface area (TPSA) is 89.0 Å². The summed E-state index contributed by atoms with van der Waals surface area (Å²) < 4.78 is 11.2. The molecule has 0 atom stereocenters. The van der Waals surface area contributed by atoms with Crippen LogP contribution in [0.4, 0.5) is 5.69 Å². The highest BCUT2D eigenvalue weighted by Gasteiger charge is 2.12. The van der Waals surface area contributed by atoms with Crippen LogP contribution >= 0.6 is 23.2 Å². The predicted octanol–water partition coefficient (Wildman–Crippen LogP) is 4.66. The highest BCUT2D eigenvalue weighted by Crippen LogP contribution is 2.30. The van der Waals surface area contributed by atoms with Crippen LogP contribution in [0.15, 0.2) is 41.5 Å². The second-order valence-electron chi connectivity index (χ2n) is 6.11. The summed E-state index contributed by atoms with van der Waals surface area (Å²) in [4.78, 5) is 23.9. The fraction of sp³-hybridized carbons (Fsp3) is 0.286. The van der Waals surface area contributed by atoms with Gasteiger partial charge in [-0.15, -0.1) is 0 Å². The third kappa shape index (κ3) is 7.24. The van der Waals surface area contributed by atoms with Crippen LogP contribution in [-0.4, -0.2) is 31.2 Å². The van der Waals surface area contributed by atoms with Crippen molar-refractivity contribution in [1.82, 2.24) is 5.43 Å². The van der Waals surface area contributed by atoms with E-state index in [9.17, 15) is 9.59 Å². The quantitative estimate of drug-likeness (QED) is 0.312. The van der Waals surface area contributed by atoms with Gasteiger partial charge in [0.05, 0.1) is 35.2 Å². The Labute approximate surface area is 185 Å². The largest absolute Gasteiger partial charge is 0.490 e. The Hall–Kier alpha value is -2.77. The lowest BCUT2D eigenvalue weighted by Crippen LogP contribution is -2.24. The van der Waals surface area contributed by atoms with Crippen LogP contribution < -0.4 is 20.2 Å². The maximum Gasteiger partial charge on any atom is 0.249 e. The fourth-order valence-corrected chi connectivity index (χ4v) is 2.71. The molecule has 2 rings (SSSR count). The molecule has 0 aliphatic heterocycles. The van der Waals surface area contributed by atoms with Gasteiger partial charge in [-0.3, -0.25) is 9.59 Å². The molecule has 0 aromatic heterocycles. The van der Waals surface area contributed by atoms with Gasteiger partial charge in [0.15, 0.2) is 11.5 Å². The number of nitrogens with zero attached hydrogens (tertiary/aromatic N) is 1. The summed E-state index contributed by atoms with van der Waals surface area (Å²) in [6.45, 7) is 4.98. The number of carbonyl (C=O) groups excluding carboxylic acids is 2. The molecule has 0 aliphatic carbocycles. The summed E-state index contributed by atoms with van der Waals surface area (Å²) in [5.74, 6) is 0.132. The third-order valence-electron chi connectivity index (χ3n) is 3.68. The molecular formula is C21H23Cl2N3O4.